The molecule has 4 aromatic carbocycles. The monoisotopic (exact) mass is 638 g/mol. The average molecular weight is 639 g/mol. The second kappa shape index (κ2) is 14.1. The number of benzene rings is 4. The van der Waals surface area contributed by atoms with Crippen molar-refractivity contribution in [3.05, 3.63) is 147 Å². The van der Waals surface area contributed by atoms with Gasteiger partial charge in [-0.3, -0.25) is 4.79 Å². The summed E-state index contributed by atoms with van der Waals surface area (Å²) < 4.78 is 59.8. The van der Waals surface area contributed by atoms with Crippen LogP contribution in [-0.4, -0.2) is 17.1 Å². The molecule has 238 valence electrons. The number of nitrogens with zero attached hydrogens (tertiary/aromatic N) is 2. The van der Waals surface area contributed by atoms with Crippen LogP contribution in [0, 0.1) is 25.2 Å². The molecule has 47 heavy (non-hydrogen) atoms. The fourth-order valence-electron chi connectivity index (χ4n) is 4.95. The maximum Gasteiger partial charge on any atom is 0.417 e. The molecule has 1 aromatic heterocycles. The number of pyridine rings is 1. The summed E-state index contributed by atoms with van der Waals surface area (Å²) in [5.74, 6) is 0.574. The molecule has 0 fully saturated rings. The van der Waals surface area contributed by atoms with Crippen LogP contribution >= 0.6 is 0 Å². The molecule has 0 bridgehead atoms. The molecular weight excluding hydrogens is 609 g/mol. The molecule has 0 aliphatic carbocycles. The maximum atomic E-state index is 14.0. The Morgan fingerprint density at radius 2 is 1.57 bits per heavy atom. The predicted octanol–water partition coefficient (Wildman–Crippen LogP) is 7.99. The van der Waals surface area contributed by atoms with Gasteiger partial charge in [0.1, 0.15) is 35.5 Å². The van der Waals surface area contributed by atoms with Gasteiger partial charge in [0.2, 0.25) is 0 Å². The minimum Gasteiger partial charge on any atom is -0.482 e. The van der Waals surface area contributed by atoms with Crippen LogP contribution in [0.5, 0.6) is 17.2 Å². The van der Waals surface area contributed by atoms with E-state index in [9.17, 15) is 28.0 Å². The lowest BCUT2D eigenvalue weighted by Gasteiger charge is -2.19. The molecule has 0 saturated carbocycles. The van der Waals surface area contributed by atoms with Gasteiger partial charge >= 0.3 is 12.1 Å². The van der Waals surface area contributed by atoms with Gasteiger partial charge in [0, 0.05) is 6.07 Å². The quantitative estimate of drug-likeness (QED) is 0.144. The zero-order chi connectivity index (χ0) is 33.6. The van der Waals surface area contributed by atoms with Crippen molar-refractivity contribution >= 4 is 5.97 Å². The maximum absolute atomic E-state index is 14.0. The summed E-state index contributed by atoms with van der Waals surface area (Å²) >= 11 is 0. The Hall–Kier alpha value is -5.82. The number of hydrogen-bond acceptors (Lipinski definition) is 6. The fraction of sp³-hybridized carbons (Fsp3) is 0.162. The fourth-order valence-corrected chi connectivity index (χ4v) is 4.95. The summed E-state index contributed by atoms with van der Waals surface area (Å²) in [5, 5.41) is 9.52. The number of nitriles is 1. The Kier molecular flexibility index (Phi) is 9.76. The molecule has 7 nitrogen and oxygen atoms in total. The van der Waals surface area contributed by atoms with Crippen molar-refractivity contribution in [2.45, 2.75) is 33.2 Å². The minimum absolute atomic E-state index is 0.00222. The first kappa shape index (κ1) is 32.6. The standard InChI is InChI=1S/C37H29F3N2O5/c1-24-11-12-28(25(2)17-24)21-42-34(19-33(37(38,39)40)32(20-41)36(42)44)27-13-15-29(16-14-27)47-31-10-6-9-30(18-31)45-23-35(43)46-22-26-7-4-3-5-8-26/h3-19H,21-23H2,1-2H3. The normalized spacial score (nSPS) is 11.1. The molecule has 0 unspecified atom stereocenters. The molecule has 0 spiro atoms. The number of esters is 1. The van der Waals surface area contributed by atoms with Crippen LogP contribution in [-0.2, 0) is 28.9 Å². The number of carbonyl (C=O) groups is 1. The predicted molar refractivity (Wildman–Crippen MR) is 169 cm³/mol. The van der Waals surface area contributed by atoms with Crippen LogP contribution in [0.25, 0.3) is 11.3 Å². The third-order valence-corrected chi connectivity index (χ3v) is 7.33. The highest BCUT2D eigenvalue weighted by molar-refractivity contribution is 5.71. The van der Waals surface area contributed by atoms with Crippen molar-refractivity contribution in [2.24, 2.45) is 0 Å². The smallest absolute Gasteiger partial charge is 0.417 e. The summed E-state index contributed by atoms with van der Waals surface area (Å²) in [5.41, 5.74) is 0.482. The van der Waals surface area contributed by atoms with E-state index < -0.39 is 28.8 Å². The van der Waals surface area contributed by atoms with E-state index in [0.29, 0.717) is 22.8 Å². The molecule has 0 N–H and O–H groups in total. The van der Waals surface area contributed by atoms with E-state index in [2.05, 4.69) is 0 Å². The first-order chi connectivity index (χ1) is 22.5. The van der Waals surface area contributed by atoms with E-state index in [1.54, 1.807) is 36.4 Å². The second-order valence-corrected chi connectivity index (χ2v) is 10.8. The Balaban J connectivity index is 1.35. The van der Waals surface area contributed by atoms with Crippen molar-refractivity contribution in [1.82, 2.24) is 4.57 Å². The lowest BCUT2D eigenvalue weighted by atomic mass is 10.0. The number of alkyl halides is 3. The van der Waals surface area contributed by atoms with Crippen LogP contribution in [0.15, 0.2) is 108 Å². The number of ether oxygens (including phenoxy) is 3. The van der Waals surface area contributed by atoms with Gasteiger partial charge in [0.05, 0.1) is 17.8 Å². The SMILES string of the molecule is Cc1ccc(Cn2c(-c3ccc(Oc4cccc(OCC(=O)OCc5ccccc5)c4)cc3)cc(C(F)(F)F)c(C#N)c2=O)c(C)c1. The zero-order valence-electron chi connectivity index (χ0n) is 25.5. The Morgan fingerprint density at radius 3 is 2.26 bits per heavy atom. The third-order valence-electron chi connectivity index (χ3n) is 7.33. The van der Waals surface area contributed by atoms with Gasteiger partial charge < -0.3 is 18.8 Å². The topological polar surface area (TPSA) is 90.5 Å². The van der Waals surface area contributed by atoms with Crippen molar-refractivity contribution in [2.75, 3.05) is 6.61 Å². The lowest BCUT2D eigenvalue weighted by Crippen LogP contribution is -2.29. The summed E-state index contributed by atoms with van der Waals surface area (Å²) in [7, 11) is 0. The van der Waals surface area contributed by atoms with Crippen LogP contribution in [0.2, 0.25) is 0 Å². The number of hydrogen-bond donors (Lipinski definition) is 0. The van der Waals surface area contributed by atoms with Gasteiger partial charge in [-0.2, -0.15) is 18.4 Å². The Labute approximate surface area is 269 Å². The van der Waals surface area contributed by atoms with Gasteiger partial charge in [-0.1, -0.05) is 60.2 Å². The summed E-state index contributed by atoms with van der Waals surface area (Å²) in [6, 6.07) is 29.9. The highest BCUT2D eigenvalue weighted by atomic mass is 19.4. The molecule has 1 heterocycles. The molecule has 10 heteroatoms. The summed E-state index contributed by atoms with van der Waals surface area (Å²) in [6.45, 7) is 3.56. The minimum atomic E-state index is -4.91. The molecule has 0 radical (unpaired) electrons. The van der Waals surface area contributed by atoms with E-state index >= 15 is 0 Å². The highest BCUT2D eigenvalue weighted by Crippen LogP contribution is 2.35. The van der Waals surface area contributed by atoms with Gasteiger partial charge in [0.25, 0.3) is 5.56 Å². The summed E-state index contributed by atoms with van der Waals surface area (Å²) in [6.07, 6.45) is -4.91. The number of aromatic nitrogens is 1. The van der Waals surface area contributed by atoms with Crippen LogP contribution in [0.1, 0.15) is 33.4 Å². The average Bonchev–Trinajstić information content (AvgIpc) is 3.05. The van der Waals surface area contributed by atoms with Crippen molar-refractivity contribution in [3.63, 3.8) is 0 Å². The molecule has 0 amide bonds. The largest absolute Gasteiger partial charge is 0.482 e. The molecular formula is C37H29F3N2O5. The Morgan fingerprint density at radius 1 is 0.851 bits per heavy atom. The van der Waals surface area contributed by atoms with Crippen LogP contribution in [0.3, 0.4) is 0 Å². The number of carbonyl (C=O) groups excluding carboxylic acids is 1. The van der Waals surface area contributed by atoms with Crippen LogP contribution in [0.4, 0.5) is 13.2 Å². The number of halogens is 3. The van der Waals surface area contributed by atoms with Gasteiger partial charge in [-0.05, 0) is 78.6 Å². The molecule has 0 aliphatic heterocycles. The van der Waals surface area contributed by atoms with E-state index in [1.807, 2.05) is 62.4 Å². The van der Waals surface area contributed by atoms with Gasteiger partial charge in [0.15, 0.2) is 6.61 Å². The molecule has 5 aromatic rings. The van der Waals surface area contributed by atoms with E-state index in [4.69, 9.17) is 14.2 Å². The van der Waals surface area contributed by atoms with Crippen molar-refractivity contribution < 1.29 is 32.2 Å². The molecule has 5 rings (SSSR count). The number of aryl methyl sites for hydroxylation is 2. The van der Waals surface area contributed by atoms with Crippen molar-refractivity contribution in [1.29, 1.82) is 5.26 Å². The van der Waals surface area contributed by atoms with Gasteiger partial charge in [-0.25, -0.2) is 4.79 Å². The number of rotatable bonds is 10. The molecule has 0 saturated heterocycles. The first-order valence-corrected chi connectivity index (χ1v) is 14.5. The zero-order valence-corrected chi connectivity index (χ0v) is 25.5. The van der Waals surface area contributed by atoms with Crippen LogP contribution < -0.4 is 15.0 Å². The van der Waals surface area contributed by atoms with E-state index in [-0.39, 0.29) is 25.5 Å². The summed E-state index contributed by atoms with van der Waals surface area (Å²) in [4.78, 5) is 25.5. The lowest BCUT2D eigenvalue weighted by molar-refractivity contribution is -0.147. The van der Waals surface area contributed by atoms with Gasteiger partial charge in [-0.15, -0.1) is 0 Å². The molecule has 0 aliphatic rings. The Bertz CT molecular complexity index is 2000. The second-order valence-electron chi connectivity index (χ2n) is 10.8. The molecule has 0 atom stereocenters. The van der Waals surface area contributed by atoms with E-state index in [1.165, 1.54) is 22.8 Å². The highest BCUT2D eigenvalue weighted by Gasteiger charge is 2.36. The van der Waals surface area contributed by atoms with Crippen molar-refractivity contribution in [3.8, 4) is 34.6 Å². The third kappa shape index (κ3) is 8.07. The first-order valence-electron chi connectivity index (χ1n) is 14.5. The van der Waals surface area contributed by atoms with E-state index in [0.717, 1.165) is 28.3 Å².